The Balaban J connectivity index is 1.77. The molecule has 7 nitrogen and oxygen atoms in total. The van der Waals surface area contributed by atoms with Crippen molar-refractivity contribution in [2.24, 2.45) is 0 Å². The Morgan fingerprint density at radius 3 is 2.85 bits per heavy atom. The first-order valence-corrected chi connectivity index (χ1v) is 8.64. The monoisotopic (exact) mass is 355 g/mol. The van der Waals surface area contributed by atoms with E-state index in [0.717, 1.165) is 24.1 Å². The number of nitro benzene ring substituents is 1. The van der Waals surface area contributed by atoms with Crippen LogP contribution >= 0.6 is 0 Å². The Kier molecular flexibility index (Phi) is 5.36. The Morgan fingerprint density at radius 1 is 1.27 bits per heavy atom. The molecule has 0 saturated heterocycles. The third-order valence-corrected chi connectivity index (χ3v) is 4.32. The van der Waals surface area contributed by atoms with Crippen LogP contribution in [0.15, 0.2) is 42.5 Å². The highest BCUT2D eigenvalue weighted by Crippen LogP contribution is 2.35. The molecule has 7 heteroatoms. The van der Waals surface area contributed by atoms with Gasteiger partial charge in [0.1, 0.15) is 5.69 Å². The van der Waals surface area contributed by atoms with Crippen LogP contribution < -0.4 is 15.0 Å². The van der Waals surface area contributed by atoms with Gasteiger partial charge in [-0.2, -0.15) is 0 Å². The van der Waals surface area contributed by atoms with Gasteiger partial charge in [0, 0.05) is 12.2 Å². The van der Waals surface area contributed by atoms with Crippen molar-refractivity contribution in [3.63, 3.8) is 0 Å². The second kappa shape index (κ2) is 7.86. The molecule has 3 rings (SSSR count). The number of carbonyl (C=O) groups excluding carboxylic acids is 1. The van der Waals surface area contributed by atoms with E-state index in [1.165, 1.54) is 0 Å². The Hall–Kier alpha value is -3.09. The predicted octanol–water partition coefficient (Wildman–Crippen LogP) is 3.38. The summed E-state index contributed by atoms with van der Waals surface area (Å²) >= 11 is 0. The maximum absolute atomic E-state index is 12.7. The van der Waals surface area contributed by atoms with E-state index in [1.54, 1.807) is 30.0 Å². The summed E-state index contributed by atoms with van der Waals surface area (Å²) < 4.78 is 5.33. The molecule has 0 saturated carbocycles. The van der Waals surface area contributed by atoms with Crippen molar-refractivity contribution >= 4 is 23.0 Å². The van der Waals surface area contributed by atoms with Crippen molar-refractivity contribution < 1.29 is 14.5 Å². The molecule has 2 aromatic carbocycles. The molecule has 0 fully saturated rings. The van der Waals surface area contributed by atoms with Crippen LogP contribution in [-0.4, -0.2) is 30.5 Å². The molecule has 0 aliphatic carbocycles. The van der Waals surface area contributed by atoms with Crippen molar-refractivity contribution in [3.05, 3.63) is 58.1 Å². The van der Waals surface area contributed by atoms with Gasteiger partial charge < -0.3 is 15.0 Å². The zero-order chi connectivity index (χ0) is 18.5. The number of nitro groups is 1. The Morgan fingerprint density at radius 2 is 2.08 bits per heavy atom. The number of aryl methyl sites for hydroxylation is 1. The van der Waals surface area contributed by atoms with E-state index in [4.69, 9.17) is 4.74 Å². The maximum atomic E-state index is 12.7. The summed E-state index contributed by atoms with van der Waals surface area (Å²) in [4.78, 5) is 25.4. The zero-order valence-electron chi connectivity index (χ0n) is 14.6. The number of nitrogens with one attached hydrogen (secondary N) is 1. The van der Waals surface area contributed by atoms with Crippen LogP contribution in [0.5, 0.6) is 5.75 Å². The second-order valence-electron chi connectivity index (χ2n) is 5.97. The minimum Gasteiger partial charge on any atom is -0.487 e. The minimum atomic E-state index is -0.492. The van der Waals surface area contributed by atoms with Gasteiger partial charge in [0.15, 0.2) is 5.75 Å². The molecule has 0 bridgehead atoms. The summed E-state index contributed by atoms with van der Waals surface area (Å²) in [5.74, 6) is 0.0755. The molecule has 1 aliphatic rings. The van der Waals surface area contributed by atoms with E-state index >= 15 is 0 Å². The molecule has 0 spiro atoms. The van der Waals surface area contributed by atoms with Crippen LogP contribution in [0.3, 0.4) is 0 Å². The molecule has 1 heterocycles. The first-order valence-electron chi connectivity index (χ1n) is 8.64. The molecule has 2 aromatic rings. The molecular weight excluding hydrogens is 334 g/mol. The lowest BCUT2D eigenvalue weighted by Crippen LogP contribution is -2.39. The number of para-hydroxylation sites is 2. The molecule has 1 aliphatic heterocycles. The van der Waals surface area contributed by atoms with Crippen LogP contribution in [0.1, 0.15) is 18.9 Å². The lowest BCUT2D eigenvalue weighted by Gasteiger charge is -2.29. The summed E-state index contributed by atoms with van der Waals surface area (Å²) in [6, 6.07) is 12.6. The van der Waals surface area contributed by atoms with E-state index in [2.05, 4.69) is 5.32 Å². The standard InChI is InChI=1S/C19H21N3O4/c1-2-26-17-11-5-9-15(19(17)22(24)25)20-13-18(23)21-12-6-8-14-7-3-4-10-16(14)21/h3-5,7,9-11,20H,2,6,8,12-13H2,1H3. The van der Waals surface area contributed by atoms with Crippen molar-refractivity contribution in [2.75, 3.05) is 29.9 Å². The molecule has 1 amide bonds. The van der Waals surface area contributed by atoms with Gasteiger partial charge in [-0.3, -0.25) is 14.9 Å². The topological polar surface area (TPSA) is 84.7 Å². The van der Waals surface area contributed by atoms with Gasteiger partial charge in [0.05, 0.1) is 18.1 Å². The highest BCUT2D eigenvalue weighted by atomic mass is 16.6. The number of benzene rings is 2. The van der Waals surface area contributed by atoms with Crippen molar-refractivity contribution in [3.8, 4) is 5.75 Å². The van der Waals surface area contributed by atoms with Crippen LogP contribution in [0.2, 0.25) is 0 Å². The summed E-state index contributed by atoms with van der Waals surface area (Å²) in [7, 11) is 0. The Bertz CT molecular complexity index is 822. The Labute approximate surface area is 151 Å². The quantitative estimate of drug-likeness (QED) is 0.634. The third-order valence-electron chi connectivity index (χ3n) is 4.32. The van der Waals surface area contributed by atoms with Crippen molar-refractivity contribution in [1.29, 1.82) is 0 Å². The molecule has 0 unspecified atom stereocenters. The zero-order valence-corrected chi connectivity index (χ0v) is 14.6. The average molecular weight is 355 g/mol. The van der Waals surface area contributed by atoms with Crippen molar-refractivity contribution in [2.45, 2.75) is 19.8 Å². The van der Waals surface area contributed by atoms with Gasteiger partial charge in [0.25, 0.3) is 0 Å². The molecule has 26 heavy (non-hydrogen) atoms. The van der Waals surface area contributed by atoms with Gasteiger partial charge in [-0.15, -0.1) is 0 Å². The highest BCUT2D eigenvalue weighted by molar-refractivity contribution is 5.97. The van der Waals surface area contributed by atoms with Gasteiger partial charge in [-0.05, 0) is 43.5 Å². The second-order valence-corrected chi connectivity index (χ2v) is 5.97. The number of nitrogens with zero attached hydrogens (tertiary/aromatic N) is 2. The van der Waals surface area contributed by atoms with E-state index in [9.17, 15) is 14.9 Å². The van der Waals surface area contributed by atoms with Gasteiger partial charge >= 0.3 is 5.69 Å². The molecule has 136 valence electrons. The summed E-state index contributed by atoms with van der Waals surface area (Å²) in [5, 5.41) is 14.3. The number of fused-ring (bicyclic) bond motifs is 1. The normalized spacial score (nSPS) is 13.0. The van der Waals surface area contributed by atoms with E-state index in [1.807, 2.05) is 24.3 Å². The fraction of sp³-hybridized carbons (Fsp3) is 0.316. The van der Waals surface area contributed by atoms with E-state index in [-0.39, 0.29) is 29.6 Å². The number of ether oxygens (including phenoxy) is 1. The number of rotatable bonds is 6. The molecule has 0 aromatic heterocycles. The lowest BCUT2D eigenvalue weighted by molar-refractivity contribution is -0.384. The third kappa shape index (κ3) is 3.61. The first kappa shape index (κ1) is 17.7. The van der Waals surface area contributed by atoms with Crippen LogP contribution in [0.4, 0.5) is 17.1 Å². The van der Waals surface area contributed by atoms with Gasteiger partial charge in [0.2, 0.25) is 5.91 Å². The van der Waals surface area contributed by atoms with E-state index < -0.39 is 4.92 Å². The fourth-order valence-electron chi connectivity index (χ4n) is 3.18. The summed E-state index contributed by atoms with van der Waals surface area (Å²) in [6.07, 6.45) is 1.86. The number of amides is 1. The SMILES string of the molecule is CCOc1cccc(NCC(=O)N2CCCc3ccccc32)c1[N+](=O)[O-]. The smallest absolute Gasteiger partial charge is 0.333 e. The van der Waals surface area contributed by atoms with Crippen LogP contribution in [-0.2, 0) is 11.2 Å². The van der Waals surface area contributed by atoms with Gasteiger partial charge in [-0.1, -0.05) is 24.3 Å². The number of anilines is 2. The number of hydrogen-bond donors (Lipinski definition) is 1. The highest BCUT2D eigenvalue weighted by Gasteiger charge is 2.24. The number of hydrogen-bond acceptors (Lipinski definition) is 5. The molecule has 1 N–H and O–H groups in total. The molecule has 0 atom stereocenters. The van der Waals surface area contributed by atoms with Crippen molar-refractivity contribution in [1.82, 2.24) is 0 Å². The minimum absolute atomic E-state index is 0.0231. The molecule has 0 radical (unpaired) electrons. The lowest BCUT2D eigenvalue weighted by atomic mass is 10.0. The van der Waals surface area contributed by atoms with Gasteiger partial charge in [-0.25, -0.2) is 0 Å². The summed E-state index contributed by atoms with van der Waals surface area (Å²) in [5.41, 5.74) is 2.19. The molecular formula is C19H21N3O4. The summed E-state index contributed by atoms with van der Waals surface area (Å²) in [6.45, 7) is 2.72. The largest absolute Gasteiger partial charge is 0.487 e. The fourth-order valence-corrected chi connectivity index (χ4v) is 3.18. The van der Waals surface area contributed by atoms with Crippen LogP contribution in [0.25, 0.3) is 0 Å². The average Bonchev–Trinajstić information content (AvgIpc) is 2.65. The first-order chi connectivity index (χ1) is 12.6. The maximum Gasteiger partial charge on any atom is 0.333 e. The van der Waals surface area contributed by atoms with Crippen LogP contribution in [0, 0.1) is 10.1 Å². The number of carbonyl (C=O) groups is 1. The van der Waals surface area contributed by atoms with E-state index in [0.29, 0.717) is 13.2 Å². The predicted molar refractivity (Wildman–Crippen MR) is 99.9 cm³/mol.